The van der Waals surface area contributed by atoms with Gasteiger partial charge in [-0.15, -0.1) is 0 Å². The number of amides is 1. The summed E-state index contributed by atoms with van der Waals surface area (Å²) >= 11 is 5.44. The lowest BCUT2D eigenvalue weighted by Gasteiger charge is -2.16. The molecular weight excluding hydrogens is 321 g/mol. The fraction of sp³-hybridized carbons (Fsp3) is 0.300. The summed E-state index contributed by atoms with van der Waals surface area (Å²) in [7, 11) is -4.56. The maximum Gasteiger partial charge on any atom is 0.417 e. The molecule has 1 amide bonds. The minimum absolute atomic E-state index is 0.265. The standard InChI is InChI=1S/C10H10ClF3N2O3S/c1-5(9(15)17)16-20(18,19)8-3-2-6(11)4-7(8)10(12,13)14/h2-5,16H,1H3,(H2,15,17). The van der Waals surface area contributed by atoms with Crippen LogP contribution >= 0.6 is 11.6 Å². The number of nitrogens with two attached hydrogens (primary N) is 1. The number of benzene rings is 1. The van der Waals surface area contributed by atoms with Crippen LogP contribution in [0.4, 0.5) is 13.2 Å². The summed E-state index contributed by atoms with van der Waals surface area (Å²) in [4.78, 5) is 9.77. The van der Waals surface area contributed by atoms with E-state index in [0.717, 1.165) is 13.0 Å². The molecule has 5 nitrogen and oxygen atoms in total. The number of hydrogen-bond donors (Lipinski definition) is 2. The zero-order chi connectivity index (χ0) is 15.7. The Kier molecular flexibility index (Phi) is 4.67. The topological polar surface area (TPSA) is 89.3 Å². The van der Waals surface area contributed by atoms with Crippen molar-refractivity contribution in [3.05, 3.63) is 28.8 Å². The van der Waals surface area contributed by atoms with Gasteiger partial charge in [0.05, 0.1) is 16.5 Å². The highest BCUT2D eigenvalue weighted by Crippen LogP contribution is 2.35. The van der Waals surface area contributed by atoms with E-state index in [1.807, 2.05) is 0 Å². The molecule has 1 unspecified atom stereocenters. The van der Waals surface area contributed by atoms with E-state index < -0.39 is 38.6 Å². The lowest BCUT2D eigenvalue weighted by atomic mass is 10.2. The van der Waals surface area contributed by atoms with Crippen molar-refractivity contribution in [3.63, 3.8) is 0 Å². The number of carbonyl (C=O) groups excluding carboxylic acids is 1. The minimum Gasteiger partial charge on any atom is -0.368 e. The molecule has 20 heavy (non-hydrogen) atoms. The van der Waals surface area contributed by atoms with Gasteiger partial charge < -0.3 is 5.73 Å². The molecule has 0 aliphatic heterocycles. The molecule has 0 bridgehead atoms. The maximum absolute atomic E-state index is 12.8. The highest BCUT2D eigenvalue weighted by atomic mass is 35.5. The Bertz CT molecular complexity index is 631. The Morgan fingerprint density at radius 1 is 1.40 bits per heavy atom. The number of rotatable bonds is 4. The summed E-state index contributed by atoms with van der Waals surface area (Å²) in [6.07, 6.45) is -4.91. The maximum atomic E-state index is 12.8. The van der Waals surface area contributed by atoms with E-state index in [0.29, 0.717) is 12.1 Å². The van der Waals surface area contributed by atoms with Crippen LogP contribution in [0.25, 0.3) is 0 Å². The molecule has 0 saturated carbocycles. The third-order valence-electron chi connectivity index (χ3n) is 2.30. The predicted octanol–water partition coefficient (Wildman–Crippen LogP) is 1.51. The number of hydrogen-bond acceptors (Lipinski definition) is 3. The monoisotopic (exact) mass is 330 g/mol. The van der Waals surface area contributed by atoms with Crippen molar-refractivity contribution in [2.75, 3.05) is 0 Å². The van der Waals surface area contributed by atoms with Crippen LogP contribution in [0.3, 0.4) is 0 Å². The number of primary amides is 1. The molecule has 3 N–H and O–H groups in total. The molecular formula is C10H10ClF3N2O3S. The zero-order valence-corrected chi connectivity index (χ0v) is 11.6. The third kappa shape index (κ3) is 3.84. The number of alkyl halides is 3. The summed E-state index contributed by atoms with van der Waals surface area (Å²) in [6, 6.07) is 0.851. The van der Waals surface area contributed by atoms with Crippen LogP contribution in [-0.4, -0.2) is 20.4 Å². The molecule has 0 fully saturated rings. The normalized spacial score (nSPS) is 14.1. The van der Waals surface area contributed by atoms with E-state index in [4.69, 9.17) is 17.3 Å². The molecule has 1 rings (SSSR count). The molecule has 0 aromatic heterocycles. The first kappa shape index (κ1) is 16.7. The van der Waals surface area contributed by atoms with Crippen LogP contribution in [0.1, 0.15) is 12.5 Å². The zero-order valence-electron chi connectivity index (χ0n) is 10.0. The van der Waals surface area contributed by atoms with E-state index in [9.17, 15) is 26.4 Å². The third-order valence-corrected chi connectivity index (χ3v) is 4.13. The van der Waals surface area contributed by atoms with Gasteiger partial charge >= 0.3 is 6.18 Å². The molecule has 0 aliphatic rings. The Morgan fingerprint density at radius 2 is 1.95 bits per heavy atom. The molecule has 0 aliphatic carbocycles. The average Bonchev–Trinajstić information content (AvgIpc) is 2.26. The summed E-state index contributed by atoms with van der Waals surface area (Å²) in [5, 5.41) is -0.265. The molecule has 10 heteroatoms. The van der Waals surface area contributed by atoms with Gasteiger partial charge in [0.15, 0.2) is 0 Å². The van der Waals surface area contributed by atoms with Crippen molar-refractivity contribution in [2.45, 2.75) is 24.0 Å². The van der Waals surface area contributed by atoms with E-state index >= 15 is 0 Å². The number of carbonyl (C=O) groups is 1. The van der Waals surface area contributed by atoms with Crippen molar-refractivity contribution in [1.29, 1.82) is 0 Å². The van der Waals surface area contributed by atoms with E-state index in [2.05, 4.69) is 0 Å². The van der Waals surface area contributed by atoms with Crippen LogP contribution in [0.2, 0.25) is 5.02 Å². The van der Waals surface area contributed by atoms with Crippen molar-refractivity contribution in [1.82, 2.24) is 4.72 Å². The van der Waals surface area contributed by atoms with E-state index in [1.165, 1.54) is 0 Å². The number of nitrogens with one attached hydrogen (secondary N) is 1. The summed E-state index contributed by atoms with van der Waals surface area (Å²) in [5.74, 6) is -1.02. The van der Waals surface area contributed by atoms with Crippen LogP contribution < -0.4 is 10.5 Å². The molecule has 1 atom stereocenters. The van der Waals surface area contributed by atoms with Crippen molar-refractivity contribution in [2.24, 2.45) is 5.73 Å². The first-order valence-corrected chi connectivity index (χ1v) is 6.99. The number of halogens is 4. The molecule has 1 aromatic rings. The SMILES string of the molecule is CC(NS(=O)(=O)c1ccc(Cl)cc1C(F)(F)F)C(N)=O. The van der Waals surface area contributed by atoms with E-state index in [-0.39, 0.29) is 5.02 Å². The smallest absolute Gasteiger partial charge is 0.368 e. The van der Waals surface area contributed by atoms with Crippen molar-refractivity contribution < 1.29 is 26.4 Å². The summed E-state index contributed by atoms with van der Waals surface area (Å²) < 4.78 is 63.9. The Balaban J connectivity index is 3.36. The Morgan fingerprint density at radius 3 is 2.40 bits per heavy atom. The largest absolute Gasteiger partial charge is 0.417 e. The van der Waals surface area contributed by atoms with Gasteiger partial charge in [0, 0.05) is 5.02 Å². The lowest BCUT2D eigenvalue weighted by Crippen LogP contribution is -2.42. The van der Waals surface area contributed by atoms with Crippen molar-refractivity contribution in [3.8, 4) is 0 Å². The van der Waals surface area contributed by atoms with Gasteiger partial charge in [-0.2, -0.15) is 17.9 Å². The second-order valence-electron chi connectivity index (χ2n) is 3.88. The second-order valence-corrected chi connectivity index (χ2v) is 6.00. The van der Waals surface area contributed by atoms with Crippen LogP contribution in [0.15, 0.2) is 23.1 Å². The molecule has 0 saturated heterocycles. The first-order chi connectivity index (χ1) is 8.95. The van der Waals surface area contributed by atoms with Gasteiger partial charge in [-0.1, -0.05) is 11.6 Å². The second kappa shape index (κ2) is 5.58. The van der Waals surface area contributed by atoms with Gasteiger partial charge in [0.2, 0.25) is 15.9 Å². The minimum atomic E-state index is -4.91. The molecule has 0 heterocycles. The molecule has 1 aromatic carbocycles. The van der Waals surface area contributed by atoms with E-state index in [1.54, 1.807) is 4.72 Å². The Labute approximate surface area is 118 Å². The molecule has 0 spiro atoms. The van der Waals surface area contributed by atoms with Crippen molar-refractivity contribution >= 4 is 27.5 Å². The van der Waals surface area contributed by atoms with Crippen LogP contribution in [-0.2, 0) is 21.0 Å². The Hall–Kier alpha value is -1.32. The molecule has 0 radical (unpaired) electrons. The highest BCUT2D eigenvalue weighted by Gasteiger charge is 2.38. The summed E-state index contributed by atoms with van der Waals surface area (Å²) in [5.41, 5.74) is 3.44. The van der Waals surface area contributed by atoms with Gasteiger partial charge in [0.1, 0.15) is 0 Å². The van der Waals surface area contributed by atoms with Crippen LogP contribution in [0, 0.1) is 0 Å². The van der Waals surface area contributed by atoms with Gasteiger partial charge in [-0.3, -0.25) is 4.79 Å². The fourth-order valence-electron chi connectivity index (χ4n) is 1.31. The fourth-order valence-corrected chi connectivity index (χ4v) is 2.90. The van der Waals surface area contributed by atoms with Gasteiger partial charge in [-0.25, -0.2) is 8.42 Å². The average molecular weight is 331 g/mol. The first-order valence-electron chi connectivity index (χ1n) is 5.13. The van der Waals surface area contributed by atoms with Gasteiger partial charge in [-0.05, 0) is 25.1 Å². The number of sulfonamides is 1. The quantitative estimate of drug-likeness (QED) is 0.877. The summed E-state index contributed by atoms with van der Waals surface area (Å²) in [6.45, 7) is 1.11. The van der Waals surface area contributed by atoms with Gasteiger partial charge in [0.25, 0.3) is 0 Å². The molecule has 112 valence electrons. The van der Waals surface area contributed by atoms with Crippen LogP contribution in [0.5, 0.6) is 0 Å². The lowest BCUT2D eigenvalue weighted by molar-refractivity contribution is -0.139. The highest BCUT2D eigenvalue weighted by molar-refractivity contribution is 7.89. The predicted molar refractivity (Wildman–Crippen MR) is 65.4 cm³/mol.